The zero-order valence-electron chi connectivity index (χ0n) is 79.0. The Hall–Kier alpha value is -11.5. The number of nitrogens with zero attached hydrogens (tertiary/aromatic N) is 18. The number of amides is 9. The van der Waals surface area contributed by atoms with Crippen molar-refractivity contribution in [1.82, 2.24) is 69.9 Å². The Kier molecular flexibility index (Phi) is 28.0. The van der Waals surface area contributed by atoms with Crippen molar-refractivity contribution in [1.29, 1.82) is 10.5 Å². The number of aromatic nitrogens is 5. The number of hydrogen-bond donors (Lipinski definition) is 3. The van der Waals surface area contributed by atoms with E-state index >= 15 is 0 Å². The van der Waals surface area contributed by atoms with E-state index in [0.29, 0.717) is 72.6 Å². The molecular weight excluding hydrogens is 1650 g/mol. The highest BCUT2D eigenvalue weighted by atomic mass is 16.5. The van der Waals surface area contributed by atoms with Crippen LogP contribution < -0.4 is 35.0 Å². The van der Waals surface area contributed by atoms with Gasteiger partial charge in [-0.05, 0) is 266 Å². The van der Waals surface area contributed by atoms with Gasteiger partial charge < -0.3 is 45.0 Å². The van der Waals surface area contributed by atoms with Crippen molar-refractivity contribution in [2.24, 2.45) is 17.8 Å². The Labute approximate surface area is 779 Å². The highest BCUT2D eigenvalue weighted by Crippen LogP contribution is 2.55. The molecule has 0 atom stereocenters. The van der Waals surface area contributed by atoms with Crippen LogP contribution in [-0.4, -0.2) is 239 Å². The number of aliphatic hydroxyl groups excluding tert-OH is 1. The molecule has 0 bridgehead atoms. The average Bonchev–Trinajstić information content (AvgIpc) is 1.57. The number of carbonyl (C=O) groups is 5. The van der Waals surface area contributed by atoms with Gasteiger partial charge in [0.05, 0.1) is 104 Å². The molecule has 132 heavy (non-hydrogen) atoms. The van der Waals surface area contributed by atoms with Gasteiger partial charge in [-0.3, -0.25) is 34.2 Å². The third-order valence-electron chi connectivity index (χ3n) is 32.8. The van der Waals surface area contributed by atoms with Crippen LogP contribution in [0.15, 0.2) is 183 Å². The minimum absolute atomic E-state index is 0.000688. The number of benzene rings is 5. The van der Waals surface area contributed by atoms with Crippen LogP contribution in [0.1, 0.15) is 210 Å². The van der Waals surface area contributed by atoms with Gasteiger partial charge in [-0.2, -0.15) is 10.5 Å². The van der Waals surface area contributed by atoms with Crippen molar-refractivity contribution < 1.29 is 33.8 Å². The second-order valence-electron chi connectivity index (χ2n) is 40.0. The smallest absolute Gasteiger partial charge is 0.326 e. The Morgan fingerprint density at radius 3 is 1.20 bits per heavy atom. The van der Waals surface area contributed by atoms with Gasteiger partial charge in [0.15, 0.2) is 5.82 Å². The Morgan fingerprint density at radius 2 is 0.833 bits per heavy atom. The molecule has 0 unspecified atom stereocenters. The van der Waals surface area contributed by atoms with E-state index in [0.717, 1.165) is 146 Å². The van der Waals surface area contributed by atoms with Crippen molar-refractivity contribution in [2.45, 2.75) is 212 Å². The first-order valence-corrected chi connectivity index (χ1v) is 48.0. The predicted octanol–water partition coefficient (Wildman–Crippen LogP) is 16.2. The predicted molar refractivity (Wildman–Crippen MR) is 513 cm³/mol. The lowest BCUT2D eigenvalue weighted by atomic mass is 9.68. The summed E-state index contributed by atoms with van der Waals surface area (Å²) in [5.41, 5.74) is 8.67. The van der Waals surface area contributed by atoms with Gasteiger partial charge >= 0.3 is 24.1 Å². The average molecular weight is 1790 g/mol. The fourth-order valence-electron chi connectivity index (χ4n) is 23.6. The molecule has 4 spiro atoms. The van der Waals surface area contributed by atoms with E-state index in [-0.39, 0.29) is 86.8 Å². The normalized spacial score (nSPS) is 27.1. The van der Waals surface area contributed by atoms with Crippen LogP contribution in [0.2, 0.25) is 0 Å². The molecule has 7 aliphatic carbocycles. The summed E-state index contributed by atoms with van der Waals surface area (Å²) in [7, 11) is 17.9. The van der Waals surface area contributed by atoms with Gasteiger partial charge in [0.25, 0.3) is 5.91 Å². The summed E-state index contributed by atoms with van der Waals surface area (Å²) in [6.45, 7) is 7.39. The van der Waals surface area contributed by atoms with Crippen LogP contribution in [0.4, 0.5) is 42.1 Å². The molecule has 0 radical (unpaired) electrons. The van der Waals surface area contributed by atoms with Gasteiger partial charge in [-0.15, -0.1) is 0 Å². The largest absolute Gasteiger partial charge is 0.480 e. The molecule has 5 aromatic carbocycles. The summed E-state index contributed by atoms with van der Waals surface area (Å²) in [5, 5.41) is 35.1. The molecule has 3 aromatic heterocycles. The maximum Gasteiger partial charge on any atom is 0.326 e. The van der Waals surface area contributed by atoms with Crippen LogP contribution in [0.3, 0.4) is 0 Å². The zero-order chi connectivity index (χ0) is 92.8. The monoisotopic (exact) mass is 1790 g/mol. The summed E-state index contributed by atoms with van der Waals surface area (Å²) in [4.78, 5) is 110. The summed E-state index contributed by atoms with van der Waals surface area (Å²) in [6.07, 6.45) is 34.6. The third kappa shape index (κ3) is 18.1. The lowest BCUT2D eigenvalue weighted by molar-refractivity contribution is 0.0172. The van der Waals surface area contributed by atoms with Gasteiger partial charge in [0, 0.05) is 73.7 Å². The van der Waals surface area contributed by atoms with E-state index in [2.05, 4.69) is 224 Å². The van der Waals surface area contributed by atoms with Crippen molar-refractivity contribution >= 4 is 52.9 Å². The van der Waals surface area contributed by atoms with E-state index in [9.17, 15) is 34.3 Å². The van der Waals surface area contributed by atoms with Crippen molar-refractivity contribution in [2.75, 3.05) is 142 Å². The lowest BCUT2D eigenvalue weighted by Crippen LogP contribution is -2.56. The first-order valence-electron chi connectivity index (χ1n) is 48.0. The number of nitriles is 2. The molecule has 9 amide bonds. The third-order valence-corrected chi connectivity index (χ3v) is 32.8. The first kappa shape index (κ1) is 93.8. The van der Waals surface area contributed by atoms with E-state index in [4.69, 9.17) is 10.00 Å². The Balaban J connectivity index is 0.000000129. The molecular formula is C105H134N20O7. The van der Waals surface area contributed by atoms with Gasteiger partial charge in [-0.1, -0.05) is 141 Å². The standard InChI is InChI=1S/C30H40N4O2.C27H33N5O.C25H33N5O2.C23H28N6O2/c1-31(2)27(35)24-13-15-26(16-14-24)33-22-29(34(28(33)36)21-23-9-8-10-23)17-19-30(20-18-29,32(3)4)25-11-6-5-7-12-25;1-20-15-23(16-28)30-17-24(20)31-19-26(32(25(31)33)18-21-7-6-8-21)11-13-27(29-2,14-12-26)22-9-4-3-5-10-22;1-26-25(20-9-4-3-5-10-20)13-11-24(12-14-25)18-29(21-15-28-22(32-2)16-27-21)23(31)30(24)17-19-7-6-8-19;1-27(2)23(18-6-4-3-5-7-18)10-8-22(9-11-23)17-28(21(31)29(22)12-13-30)19-15-25-20(14-24)26-16-19/h5-7,11-16,23H,8-10,17-22H2,1-4H3;3-5,9-10,15,17,21,29H,6-8,11-14,18-19H2,1-2H3;3-5,9-10,15-16,19,26H,6-8,11-14,17-18H2,1-2H3;3-7,15-16,30H,8-13,17H2,1-2H3. The summed E-state index contributed by atoms with van der Waals surface area (Å²) in [6, 6.07) is 56.4. The zero-order valence-corrected chi connectivity index (χ0v) is 79.0. The number of rotatable bonds is 22. The van der Waals surface area contributed by atoms with E-state index < -0.39 is 0 Å². The molecule has 11 fully saturated rings. The Bertz CT molecular complexity index is 5380. The Morgan fingerprint density at radius 1 is 0.447 bits per heavy atom. The lowest BCUT2D eigenvalue weighted by Gasteiger charge is -2.51. The number of pyridine rings is 1. The van der Waals surface area contributed by atoms with Crippen molar-refractivity contribution in [3.8, 4) is 18.0 Å². The molecule has 4 saturated heterocycles. The number of aryl methyl sites for hydroxylation is 1. The fourth-order valence-corrected chi connectivity index (χ4v) is 23.6. The van der Waals surface area contributed by atoms with E-state index in [1.54, 1.807) is 55.7 Å². The number of methoxy groups -OCH3 is 1. The van der Waals surface area contributed by atoms with Gasteiger partial charge in [0.2, 0.25) is 11.7 Å². The molecule has 4 aliphatic heterocycles. The number of carbonyl (C=O) groups excluding carboxylic acids is 5. The van der Waals surface area contributed by atoms with Crippen molar-refractivity contribution in [3.63, 3.8) is 0 Å². The SMILES string of the molecule is CN(C)C(=O)c1ccc(N2CC3(CCC(c4ccccc4)(N(C)C)CC3)N(CC3CCC3)C2=O)cc1.CN(C)C1(c2ccccc2)CCC2(CC1)CN(c1cnc(C#N)nc1)C(=O)N2CCO.CNC1(c2ccccc2)CCC2(CC1)CN(c1cnc(C#N)cc1C)C(=O)N2CC1CCC1.CNC1(c2ccccc2)CCC2(CC1)CN(c1cnc(OC)cn1)C(=O)N2CC1CCC1. The van der Waals surface area contributed by atoms with Gasteiger partial charge in [0.1, 0.15) is 17.8 Å². The topological polar surface area (TPSA) is 287 Å². The van der Waals surface area contributed by atoms with Crippen LogP contribution in [0.25, 0.3) is 0 Å². The summed E-state index contributed by atoms with van der Waals surface area (Å²) in [5.74, 6) is 3.00. The second-order valence-corrected chi connectivity index (χ2v) is 40.0. The first-order chi connectivity index (χ1) is 63.8. The quantitative estimate of drug-likeness (QED) is 0.0568. The summed E-state index contributed by atoms with van der Waals surface area (Å²) < 4.78 is 5.15. The molecule has 27 nitrogen and oxygen atoms in total. The highest BCUT2D eigenvalue weighted by Gasteiger charge is 2.60. The van der Waals surface area contributed by atoms with E-state index in [1.165, 1.54) is 92.4 Å². The number of nitrogens with one attached hydrogen (secondary N) is 2. The number of β-amino-alcohol motifs (C(OH)–C–C–N with tert-alkyl or cyclic N) is 1. The fraction of sp³-hybridized carbons (Fsp3) is 0.524. The maximum absolute atomic E-state index is 13.9. The molecule has 11 aliphatic rings. The highest BCUT2D eigenvalue weighted by molar-refractivity contribution is 5.99. The molecule has 696 valence electrons. The number of ether oxygens (including phenoxy) is 1. The van der Waals surface area contributed by atoms with Crippen LogP contribution >= 0.6 is 0 Å². The molecule has 7 saturated carbocycles. The second kappa shape index (κ2) is 39.4. The van der Waals surface area contributed by atoms with Crippen LogP contribution in [-0.2, 0) is 22.2 Å². The summed E-state index contributed by atoms with van der Waals surface area (Å²) >= 11 is 0. The van der Waals surface area contributed by atoms with Crippen molar-refractivity contribution in [3.05, 3.63) is 228 Å². The maximum atomic E-state index is 13.9. The molecule has 27 heteroatoms. The van der Waals surface area contributed by atoms with E-state index in [1.807, 2.05) is 62.9 Å². The number of anilines is 4. The minimum atomic E-state index is -0.345. The number of urea groups is 4. The number of aliphatic hydroxyl groups is 1. The molecule has 8 aromatic rings. The van der Waals surface area contributed by atoms with Crippen LogP contribution in [0, 0.1) is 47.3 Å². The molecule has 19 rings (SSSR count). The number of hydrogen-bond acceptors (Lipinski definition) is 18. The van der Waals surface area contributed by atoms with Crippen LogP contribution in [0.5, 0.6) is 5.88 Å². The van der Waals surface area contributed by atoms with Gasteiger partial charge in [-0.25, -0.2) is 44.1 Å². The molecule has 3 N–H and O–H groups in total. The minimum Gasteiger partial charge on any atom is -0.480 e. The molecule has 7 heterocycles.